The van der Waals surface area contributed by atoms with Crippen LogP contribution >= 0.6 is 15.8 Å². The average Bonchev–Trinajstić information content (AvgIpc) is 3.16. The van der Waals surface area contributed by atoms with E-state index in [1.54, 1.807) is 0 Å². The molecule has 48 heavy (non-hydrogen) atoms. The molecule has 0 unspecified atom stereocenters. The lowest BCUT2D eigenvalue weighted by atomic mass is 9.90. The Bertz CT molecular complexity index is 1630. The topological polar surface area (TPSA) is 24.1 Å². The first kappa shape index (κ1) is 32.6. The lowest BCUT2D eigenvalue weighted by Gasteiger charge is -2.34. The van der Waals surface area contributed by atoms with Gasteiger partial charge in [0, 0.05) is 25.2 Å². The molecule has 0 spiro atoms. The molecule has 1 saturated carbocycles. The molecular formula is C44H44N2P2. The highest BCUT2D eigenvalue weighted by atomic mass is 31.1. The van der Waals surface area contributed by atoms with Crippen LogP contribution < -0.4 is 42.5 Å². The highest BCUT2D eigenvalue weighted by molar-refractivity contribution is 7.80. The van der Waals surface area contributed by atoms with Gasteiger partial charge in [-0.25, -0.2) is 0 Å². The Morgan fingerprint density at radius 3 is 1.00 bits per heavy atom. The van der Waals surface area contributed by atoms with Gasteiger partial charge in [0.1, 0.15) is 0 Å². The van der Waals surface area contributed by atoms with Crippen molar-refractivity contribution in [2.45, 2.75) is 50.9 Å². The van der Waals surface area contributed by atoms with Crippen molar-refractivity contribution in [3.8, 4) is 0 Å². The first-order valence-electron chi connectivity index (χ1n) is 17.3. The van der Waals surface area contributed by atoms with Gasteiger partial charge in [-0.3, -0.25) is 0 Å². The van der Waals surface area contributed by atoms with Crippen molar-refractivity contribution in [2.24, 2.45) is 0 Å². The SMILES string of the molecule is c1ccc(P(c2ccccc2)c2ccccc2CN[C@H]2CCCC[C@@H]2NCc2ccccc2P(c2ccccc2)c2ccccc2)cc1. The summed E-state index contributed by atoms with van der Waals surface area (Å²) in [6.07, 6.45) is 4.97. The summed E-state index contributed by atoms with van der Waals surface area (Å²) >= 11 is 0. The van der Waals surface area contributed by atoms with Gasteiger partial charge in [-0.05, 0) is 71.6 Å². The van der Waals surface area contributed by atoms with Crippen LogP contribution in [0.15, 0.2) is 170 Å². The molecule has 0 aliphatic heterocycles. The van der Waals surface area contributed by atoms with E-state index < -0.39 is 15.8 Å². The third-order valence-corrected chi connectivity index (χ3v) is 14.5. The second kappa shape index (κ2) is 16.5. The Balaban J connectivity index is 1.10. The van der Waals surface area contributed by atoms with Crippen molar-refractivity contribution in [3.05, 3.63) is 181 Å². The predicted molar refractivity (Wildman–Crippen MR) is 210 cm³/mol. The molecule has 2 nitrogen and oxygen atoms in total. The summed E-state index contributed by atoms with van der Waals surface area (Å²) in [5.74, 6) is 0. The van der Waals surface area contributed by atoms with E-state index in [0.29, 0.717) is 12.1 Å². The van der Waals surface area contributed by atoms with Crippen molar-refractivity contribution in [3.63, 3.8) is 0 Å². The molecule has 0 aromatic heterocycles. The number of hydrogen-bond donors (Lipinski definition) is 2. The molecule has 1 aliphatic carbocycles. The van der Waals surface area contributed by atoms with Crippen LogP contribution in [0.1, 0.15) is 36.8 Å². The van der Waals surface area contributed by atoms with E-state index in [1.807, 2.05) is 0 Å². The Labute approximate surface area is 289 Å². The predicted octanol–water partition coefficient (Wildman–Crippen LogP) is 7.39. The van der Waals surface area contributed by atoms with Crippen LogP contribution in [0, 0.1) is 0 Å². The van der Waals surface area contributed by atoms with Crippen molar-refractivity contribution >= 4 is 47.7 Å². The van der Waals surface area contributed by atoms with Crippen LogP contribution in [0.2, 0.25) is 0 Å². The van der Waals surface area contributed by atoms with Crippen LogP contribution in [0.4, 0.5) is 0 Å². The third-order valence-electron chi connectivity index (χ3n) is 9.40. The number of benzene rings is 6. The Kier molecular flexibility index (Phi) is 11.2. The summed E-state index contributed by atoms with van der Waals surface area (Å²) < 4.78 is 0. The minimum Gasteiger partial charge on any atom is -0.308 e. The van der Waals surface area contributed by atoms with Crippen molar-refractivity contribution < 1.29 is 0 Å². The number of hydrogen-bond acceptors (Lipinski definition) is 2. The molecule has 6 aromatic rings. The fourth-order valence-electron chi connectivity index (χ4n) is 7.02. The maximum atomic E-state index is 4.06. The highest BCUT2D eigenvalue weighted by Gasteiger charge is 2.27. The molecule has 1 aliphatic rings. The smallest absolute Gasteiger partial charge is 0.0224 e. The van der Waals surface area contributed by atoms with E-state index in [2.05, 4.69) is 180 Å². The van der Waals surface area contributed by atoms with Gasteiger partial charge in [-0.15, -0.1) is 0 Å². The Morgan fingerprint density at radius 2 is 0.667 bits per heavy atom. The van der Waals surface area contributed by atoms with E-state index in [1.165, 1.54) is 68.6 Å². The Hall–Kier alpha value is -3.90. The van der Waals surface area contributed by atoms with Gasteiger partial charge in [-0.2, -0.15) is 0 Å². The summed E-state index contributed by atoms with van der Waals surface area (Å²) in [4.78, 5) is 0. The zero-order valence-electron chi connectivity index (χ0n) is 27.5. The molecule has 0 heterocycles. The summed E-state index contributed by atoms with van der Waals surface area (Å²) in [7, 11) is -1.29. The molecule has 240 valence electrons. The monoisotopic (exact) mass is 662 g/mol. The largest absolute Gasteiger partial charge is 0.308 e. The molecular weight excluding hydrogens is 618 g/mol. The number of nitrogens with one attached hydrogen (secondary N) is 2. The van der Waals surface area contributed by atoms with Crippen LogP contribution in [0.3, 0.4) is 0 Å². The maximum Gasteiger partial charge on any atom is 0.0224 e. The summed E-state index contributed by atoms with van der Waals surface area (Å²) in [5, 5.41) is 16.6. The third kappa shape index (κ3) is 7.86. The van der Waals surface area contributed by atoms with E-state index in [0.717, 1.165) is 13.1 Å². The van der Waals surface area contributed by atoms with Crippen LogP contribution in [0.25, 0.3) is 0 Å². The minimum atomic E-state index is -0.646. The van der Waals surface area contributed by atoms with Crippen molar-refractivity contribution in [2.75, 3.05) is 0 Å². The molecule has 6 aromatic carbocycles. The van der Waals surface area contributed by atoms with E-state index in [4.69, 9.17) is 0 Å². The second-order valence-electron chi connectivity index (χ2n) is 12.5. The maximum absolute atomic E-state index is 4.06. The lowest BCUT2D eigenvalue weighted by Crippen LogP contribution is -2.49. The van der Waals surface area contributed by atoms with Crippen molar-refractivity contribution in [1.29, 1.82) is 0 Å². The van der Waals surface area contributed by atoms with Gasteiger partial charge in [0.2, 0.25) is 0 Å². The zero-order valence-corrected chi connectivity index (χ0v) is 29.2. The molecule has 2 N–H and O–H groups in total. The van der Waals surface area contributed by atoms with Gasteiger partial charge >= 0.3 is 0 Å². The molecule has 0 radical (unpaired) electrons. The summed E-state index contributed by atoms with van der Waals surface area (Å²) in [6, 6.07) is 63.3. The highest BCUT2D eigenvalue weighted by Crippen LogP contribution is 2.35. The minimum absolute atomic E-state index is 0.434. The van der Waals surface area contributed by atoms with Gasteiger partial charge in [0.25, 0.3) is 0 Å². The first-order valence-corrected chi connectivity index (χ1v) is 20.0. The normalized spacial score (nSPS) is 16.3. The summed E-state index contributed by atoms with van der Waals surface area (Å²) in [6.45, 7) is 1.75. The van der Waals surface area contributed by atoms with Crippen LogP contribution in [-0.4, -0.2) is 12.1 Å². The Morgan fingerprint density at radius 1 is 0.375 bits per heavy atom. The average molecular weight is 663 g/mol. The molecule has 7 rings (SSSR count). The second-order valence-corrected chi connectivity index (χ2v) is 16.9. The van der Waals surface area contributed by atoms with Crippen LogP contribution in [-0.2, 0) is 13.1 Å². The number of rotatable bonds is 12. The molecule has 0 amide bonds. The zero-order chi connectivity index (χ0) is 32.4. The first-order chi connectivity index (χ1) is 23.8. The molecule has 0 saturated heterocycles. The molecule has 1 fully saturated rings. The van der Waals surface area contributed by atoms with Crippen molar-refractivity contribution in [1.82, 2.24) is 10.6 Å². The van der Waals surface area contributed by atoms with Gasteiger partial charge in [0.05, 0.1) is 0 Å². The van der Waals surface area contributed by atoms with E-state index >= 15 is 0 Å². The lowest BCUT2D eigenvalue weighted by molar-refractivity contribution is 0.281. The van der Waals surface area contributed by atoms with E-state index in [9.17, 15) is 0 Å². The molecule has 4 heteroatoms. The fraction of sp³-hybridized carbons (Fsp3) is 0.182. The van der Waals surface area contributed by atoms with E-state index in [-0.39, 0.29) is 0 Å². The van der Waals surface area contributed by atoms with Gasteiger partial charge in [-0.1, -0.05) is 183 Å². The quantitative estimate of drug-likeness (QED) is 0.134. The standard InChI is InChI=1S/C44H44N2P2/c1-5-21-37(22-6-1)47(38-23-7-2-8-24-38)43-31-17-13-19-35(43)33-45-41-29-15-16-30-42(41)46-34-36-20-14-18-32-44(36)48(39-25-9-3-10-26-39)40-27-11-4-12-28-40/h1-14,17-28,31-32,41-42,45-46H,15-16,29-30,33-34H2/t41-,42-/m0/s1. The van der Waals surface area contributed by atoms with Gasteiger partial charge in [0.15, 0.2) is 0 Å². The molecule has 0 bridgehead atoms. The fourth-order valence-corrected chi connectivity index (χ4v) is 12.0. The molecule has 2 atom stereocenters. The van der Waals surface area contributed by atoms with Crippen LogP contribution in [0.5, 0.6) is 0 Å². The van der Waals surface area contributed by atoms with Gasteiger partial charge < -0.3 is 10.6 Å². The summed E-state index contributed by atoms with van der Waals surface area (Å²) in [5.41, 5.74) is 2.81.